The number of nitrogens with one attached hydrogen (secondary N) is 1. The Bertz CT molecular complexity index is 428. The lowest BCUT2D eigenvalue weighted by Gasteiger charge is -2.35. The fraction of sp³-hybridized carbons (Fsp3) is 0.625. The smallest absolute Gasteiger partial charge is 0.0474 e. The van der Waals surface area contributed by atoms with Crippen LogP contribution >= 0.6 is 11.6 Å². The molecule has 1 N–H and O–H groups in total. The summed E-state index contributed by atoms with van der Waals surface area (Å²) in [5.74, 6) is 0. The van der Waals surface area contributed by atoms with Crippen LogP contribution in [0.3, 0.4) is 0 Å². The predicted molar refractivity (Wildman–Crippen MR) is 87.9 cm³/mol. The lowest BCUT2D eigenvalue weighted by atomic mass is 9.99. The molecule has 0 radical (unpaired) electrons. The molecule has 20 heavy (non-hydrogen) atoms. The summed E-state index contributed by atoms with van der Waals surface area (Å²) in [6.07, 6.45) is 2.35. The van der Waals surface area contributed by atoms with Gasteiger partial charge in [0.2, 0.25) is 0 Å². The molecule has 1 atom stereocenters. The average Bonchev–Trinajstić information content (AvgIpc) is 2.46. The zero-order valence-electron chi connectivity index (χ0n) is 12.8. The Kier molecular flexibility index (Phi) is 5.70. The molecular formula is C16H26ClN3. The van der Waals surface area contributed by atoms with Gasteiger partial charge in [-0.3, -0.25) is 4.90 Å². The first-order valence-corrected chi connectivity index (χ1v) is 7.92. The molecule has 1 aromatic rings. The van der Waals surface area contributed by atoms with Gasteiger partial charge in [-0.2, -0.15) is 0 Å². The van der Waals surface area contributed by atoms with Crippen molar-refractivity contribution in [3.63, 3.8) is 0 Å². The molecule has 0 unspecified atom stereocenters. The Morgan fingerprint density at radius 1 is 1.30 bits per heavy atom. The Hall–Kier alpha value is -0.770. The monoisotopic (exact) mass is 295 g/mol. The third kappa shape index (κ3) is 3.66. The first kappa shape index (κ1) is 15.6. The maximum atomic E-state index is 6.55. The molecule has 4 heteroatoms. The van der Waals surface area contributed by atoms with Crippen molar-refractivity contribution in [3.8, 4) is 0 Å². The third-order valence-electron chi connectivity index (χ3n) is 4.01. The zero-order chi connectivity index (χ0) is 14.5. The molecule has 1 aromatic carbocycles. The van der Waals surface area contributed by atoms with Crippen LogP contribution in [0.25, 0.3) is 0 Å². The van der Waals surface area contributed by atoms with Crippen LogP contribution in [-0.2, 0) is 0 Å². The van der Waals surface area contributed by atoms with Gasteiger partial charge in [0.25, 0.3) is 0 Å². The molecule has 1 aliphatic rings. The standard InChI is InChI=1S/C16H26ClN3/c1-4-5-16(20-10-8-18-9-11-20)14-7-6-13(19(2)3)12-15(14)17/h6-7,12,16,18H,4-5,8-11H2,1-3H3/t16-/m0/s1. The molecule has 0 amide bonds. The predicted octanol–water partition coefficient (Wildman–Crippen LogP) is 3.15. The van der Waals surface area contributed by atoms with Crippen molar-refractivity contribution in [2.75, 3.05) is 45.2 Å². The molecule has 3 nitrogen and oxygen atoms in total. The first-order valence-electron chi connectivity index (χ1n) is 7.55. The van der Waals surface area contributed by atoms with E-state index in [1.807, 2.05) is 14.1 Å². The minimum absolute atomic E-state index is 0.450. The van der Waals surface area contributed by atoms with E-state index in [-0.39, 0.29) is 0 Å². The summed E-state index contributed by atoms with van der Waals surface area (Å²) in [4.78, 5) is 4.66. The van der Waals surface area contributed by atoms with Crippen LogP contribution in [0.1, 0.15) is 31.4 Å². The summed E-state index contributed by atoms with van der Waals surface area (Å²) in [7, 11) is 4.09. The quantitative estimate of drug-likeness (QED) is 0.900. The van der Waals surface area contributed by atoms with Gasteiger partial charge in [0.05, 0.1) is 0 Å². The van der Waals surface area contributed by atoms with E-state index in [4.69, 9.17) is 11.6 Å². The lowest BCUT2D eigenvalue weighted by Crippen LogP contribution is -2.45. The van der Waals surface area contributed by atoms with Crippen LogP contribution < -0.4 is 10.2 Å². The van der Waals surface area contributed by atoms with Crippen LogP contribution in [0.5, 0.6) is 0 Å². The Balaban J connectivity index is 2.24. The number of benzene rings is 1. The maximum absolute atomic E-state index is 6.55. The summed E-state index contributed by atoms with van der Waals surface area (Å²) < 4.78 is 0. The average molecular weight is 296 g/mol. The van der Waals surface area contributed by atoms with Crippen molar-refractivity contribution < 1.29 is 0 Å². The third-order valence-corrected chi connectivity index (χ3v) is 4.34. The number of piperazine rings is 1. The fourth-order valence-corrected chi connectivity index (χ4v) is 3.17. The van der Waals surface area contributed by atoms with Crippen molar-refractivity contribution in [1.29, 1.82) is 0 Å². The largest absolute Gasteiger partial charge is 0.378 e. The molecule has 0 spiro atoms. The van der Waals surface area contributed by atoms with E-state index in [1.165, 1.54) is 18.4 Å². The van der Waals surface area contributed by atoms with E-state index in [9.17, 15) is 0 Å². The number of anilines is 1. The molecule has 1 saturated heterocycles. The Labute approximate surface area is 127 Å². The van der Waals surface area contributed by atoms with Gasteiger partial charge in [-0.25, -0.2) is 0 Å². The first-order chi connectivity index (χ1) is 9.63. The summed E-state index contributed by atoms with van der Waals surface area (Å²) >= 11 is 6.55. The van der Waals surface area contributed by atoms with Gasteiger partial charge < -0.3 is 10.2 Å². The minimum atomic E-state index is 0.450. The van der Waals surface area contributed by atoms with Crippen LogP contribution in [0.4, 0.5) is 5.69 Å². The highest BCUT2D eigenvalue weighted by atomic mass is 35.5. The minimum Gasteiger partial charge on any atom is -0.378 e. The molecule has 0 aromatic heterocycles. The van der Waals surface area contributed by atoms with Crippen molar-refractivity contribution in [1.82, 2.24) is 10.2 Å². The van der Waals surface area contributed by atoms with E-state index < -0.39 is 0 Å². The van der Waals surface area contributed by atoms with E-state index in [2.05, 4.69) is 40.2 Å². The number of rotatable bonds is 5. The number of hydrogen-bond acceptors (Lipinski definition) is 3. The van der Waals surface area contributed by atoms with Crippen molar-refractivity contribution in [2.24, 2.45) is 0 Å². The highest BCUT2D eigenvalue weighted by Crippen LogP contribution is 2.33. The molecule has 112 valence electrons. The molecular weight excluding hydrogens is 270 g/mol. The maximum Gasteiger partial charge on any atom is 0.0474 e. The number of nitrogens with zero attached hydrogens (tertiary/aromatic N) is 2. The summed E-state index contributed by atoms with van der Waals surface area (Å²) in [6, 6.07) is 6.92. The van der Waals surface area contributed by atoms with Crippen molar-refractivity contribution in [3.05, 3.63) is 28.8 Å². The van der Waals surface area contributed by atoms with Crippen LogP contribution in [0.2, 0.25) is 5.02 Å². The second-order valence-corrected chi connectivity index (χ2v) is 6.10. The molecule has 0 aliphatic carbocycles. The van der Waals surface area contributed by atoms with Gasteiger partial charge in [0, 0.05) is 57.0 Å². The van der Waals surface area contributed by atoms with E-state index in [0.29, 0.717) is 6.04 Å². The fourth-order valence-electron chi connectivity index (χ4n) is 2.87. The van der Waals surface area contributed by atoms with Gasteiger partial charge in [0.1, 0.15) is 0 Å². The summed E-state index contributed by atoms with van der Waals surface area (Å²) in [5.41, 5.74) is 2.44. The van der Waals surface area contributed by atoms with E-state index >= 15 is 0 Å². The molecule has 0 saturated carbocycles. The van der Waals surface area contributed by atoms with Crippen molar-refractivity contribution >= 4 is 17.3 Å². The number of halogens is 1. The normalized spacial score (nSPS) is 18.0. The zero-order valence-corrected chi connectivity index (χ0v) is 13.6. The molecule has 2 rings (SSSR count). The van der Waals surface area contributed by atoms with Crippen LogP contribution in [0.15, 0.2) is 18.2 Å². The topological polar surface area (TPSA) is 18.5 Å². The summed E-state index contributed by atoms with van der Waals surface area (Å²) in [6.45, 7) is 6.62. The van der Waals surface area contributed by atoms with Crippen LogP contribution in [0, 0.1) is 0 Å². The van der Waals surface area contributed by atoms with Gasteiger partial charge in [0.15, 0.2) is 0 Å². The van der Waals surface area contributed by atoms with Gasteiger partial charge >= 0.3 is 0 Å². The lowest BCUT2D eigenvalue weighted by molar-refractivity contribution is 0.164. The second kappa shape index (κ2) is 7.30. The molecule has 0 bridgehead atoms. The van der Waals surface area contributed by atoms with Crippen LogP contribution in [-0.4, -0.2) is 45.2 Å². The Morgan fingerprint density at radius 3 is 2.55 bits per heavy atom. The molecule has 1 fully saturated rings. The molecule has 1 aliphatic heterocycles. The van der Waals surface area contributed by atoms with Gasteiger partial charge in [-0.05, 0) is 24.1 Å². The SMILES string of the molecule is CCC[C@@H](c1ccc(N(C)C)cc1Cl)N1CCNCC1. The van der Waals surface area contributed by atoms with E-state index in [1.54, 1.807) is 0 Å². The number of hydrogen-bond donors (Lipinski definition) is 1. The Morgan fingerprint density at radius 2 is 2.00 bits per heavy atom. The highest BCUT2D eigenvalue weighted by molar-refractivity contribution is 6.31. The van der Waals surface area contributed by atoms with E-state index in [0.717, 1.165) is 36.9 Å². The van der Waals surface area contributed by atoms with Gasteiger partial charge in [-0.15, -0.1) is 0 Å². The second-order valence-electron chi connectivity index (χ2n) is 5.69. The summed E-state index contributed by atoms with van der Waals surface area (Å²) in [5, 5.41) is 4.32. The highest BCUT2D eigenvalue weighted by Gasteiger charge is 2.23. The van der Waals surface area contributed by atoms with Crippen molar-refractivity contribution in [2.45, 2.75) is 25.8 Å². The molecule has 1 heterocycles. The van der Waals surface area contributed by atoms with Gasteiger partial charge in [-0.1, -0.05) is 31.0 Å².